The molecule has 3 atom stereocenters. The summed E-state index contributed by atoms with van der Waals surface area (Å²) in [4.78, 5) is 0. The van der Waals surface area contributed by atoms with Gasteiger partial charge in [0, 0.05) is 24.3 Å². The van der Waals surface area contributed by atoms with Crippen molar-refractivity contribution in [2.75, 3.05) is 19.8 Å². The average Bonchev–Trinajstić information content (AvgIpc) is 2.94. The molecule has 2 heterocycles. The summed E-state index contributed by atoms with van der Waals surface area (Å²) in [6.07, 6.45) is 1.45. The second kappa shape index (κ2) is 8.70. The highest BCUT2D eigenvalue weighted by atomic mass is 35.5. The molecule has 0 saturated carbocycles. The van der Waals surface area contributed by atoms with E-state index >= 15 is 0 Å². The lowest BCUT2D eigenvalue weighted by atomic mass is 9.94. The van der Waals surface area contributed by atoms with Gasteiger partial charge in [0.25, 0.3) is 0 Å². The second-order valence-corrected chi connectivity index (χ2v) is 7.82. The van der Waals surface area contributed by atoms with Crippen molar-refractivity contribution in [3.8, 4) is 11.5 Å². The van der Waals surface area contributed by atoms with E-state index in [4.69, 9.17) is 25.8 Å². The molecule has 0 aliphatic carbocycles. The molecular weight excluding hydrogens is 380 g/mol. The summed E-state index contributed by atoms with van der Waals surface area (Å²) < 4.78 is 17.4. The van der Waals surface area contributed by atoms with Gasteiger partial charge in [-0.05, 0) is 41.3 Å². The minimum Gasteiger partial charge on any atom is -0.490 e. The summed E-state index contributed by atoms with van der Waals surface area (Å²) in [5.74, 6) is 1.55. The molecule has 0 bridgehead atoms. The van der Waals surface area contributed by atoms with Crippen LogP contribution in [0.15, 0.2) is 36.4 Å². The standard InChI is InChI=1S/C22H25ClO5/c23-19-4-3-15(21-12-17(25)11-18(13-24)28-21)10-16(19)8-14-2-5-20-22(9-14)27-7-1-6-26-20/h2-5,9-10,17-18,21,24-25H,1,6-8,11-13H2. The molecular formula is C22H25ClO5. The van der Waals surface area contributed by atoms with E-state index in [0.29, 0.717) is 37.5 Å². The first-order valence-electron chi connectivity index (χ1n) is 9.73. The lowest BCUT2D eigenvalue weighted by molar-refractivity contribution is -0.113. The van der Waals surface area contributed by atoms with E-state index in [2.05, 4.69) is 0 Å². The van der Waals surface area contributed by atoms with Crippen LogP contribution in [0, 0.1) is 0 Å². The van der Waals surface area contributed by atoms with Gasteiger partial charge in [-0.2, -0.15) is 0 Å². The van der Waals surface area contributed by atoms with Crippen LogP contribution in [0.1, 0.15) is 42.1 Å². The number of halogens is 1. The van der Waals surface area contributed by atoms with Crippen LogP contribution in [0.4, 0.5) is 0 Å². The number of aliphatic hydroxyl groups is 2. The van der Waals surface area contributed by atoms with E-state index in [9.17, 15) is 10.2 Å². The Morgan fingerprint density at radius 2 is 1.82 bits per heavy atom. The zero-order valence-electron chi connectivity index (χ0n) is 15.6. The van der Waals surface area contributed by atoms with E-state index in [1.54, 1.807) is 0 Å². The molecule has 4 rings (SSSR count). The van der Waals surface area contributed by atoms with Gasteiger partial charge in [-0.1, -0.05) is 29.8 Å². The number of aliphatic hydroxyl groups excluding tert-OH is 2. The van der Waals surface area contributed by atoms with Crippen molar-refractivity contribution in [1.82, 2.24) is 0 Å². The summed E-state index contributed by atoms with van der Waals surface area (Å²) in [7, 11) is 0. The first-order valence-corrected chi connectivity index (χ1v) is 10.1. The number of rotatable bonds is 4. The summed E-state index contributed by atoms with van der Waals surface area (Å²) in [6.45, 7) is 1.23. The molecule has 1 saturated heterocycles. The Morgan fingerprint density at radius 1 is 1.00 bits per heavy atom. The number of hydrogen-bond acceptors (Lipinski definition) is 5. The molecule has 5 nitrogen and oxygen atoms in total. The lowest BCUT2D eigenvalue weighted by Gasteiger charge is -2.32. The molecule has 3 unspecified atom stereocenters. The van der Waals surface area contributed by atoms with Gasteiger partial charge in [0.2, 0.25) is 0 Å². The summed E-state index contributed by atoms with van der Waals surface area (Å²) in [6, 6.07) is 11.8. The molecule has 28 heavy (non-hydrogen) atoms. The monoisotopic (exact) mass is 404 g/mol. The van der Waals surface area contributed by atoms with Crippen LogP contribution in [0.25, 0.3) is 0 Å². The predicted molar refractivity (Wildman–Crippen MR) is 106 cm³/mol. The van der Waals surface area contributed by atoms with Crippen LogP contribution in [0.3, 0.4) is 0 Å². The number of ether oxygens (including phenoxy) is 3. The topological polar surface area (TPSA) is 68.2 Å². The van der Waals surface area contributed by atoms with Crippen LogP contribution in [0.2, 0.25) is 5.02 Å². The molecule has 1 fully saturated rings. The maximum atomic E-state index is 10.1. The molecule has 2 aliphatic heterocycles. The zero-order valence-corrected chi connectivity index (χ0v) is 16.4. The third-order valence-electron chi connectivity index (χ3n) is 5.23. The van der Waals surface area contributed by atoms with Gasteiger partial charge in [0.15, 0.2) is 11.5 Å². The summed E-state index contributed by atoms with van der Waals surface area (Å²) in [5.41, 5.74) is 3.03. The van der Waals surface area contributed by atoms with E-state index in [1.807, 2.05) is 36.4 Å². The fourth-order valence-corrected chi connectivity index (χ4v) is 3.97. The molecule has 150 valence electrons. The minimum atomic E-state index is -0.475. The van der Waals surface area contributed by atoms with Crippen molar-refractivity contribution < 1.29 is 24.4 Å². The largest absolute Gasteiger partial charge is 0.490 e. The maximum absolute atomic E-state index is 10.1. The highest BCUT2D eigenvalue weighted by Crippen LogP contribution is 2.35. The normalized spacial score (nSPS) is 24.6. The molecule has 2 aliphatic rings. The Bertz CT molecular complexity index is 825. The number of fused-ring (bicyclic) bond motifs is 1. The van der Waals surface area contributed by atoms with Gasteiger partial charge in [-0.15, -0.1) is 0 Å². The van der Waals surface area contributed by atoms with E-state index in [-0.39, 0.29) is 18.8 Å². The Balaban J connectivity index is 1.55. The van der Waals surface area contributed by atoms with E-state index in [1.165, 1.54) is 0 Å². The molecule has 2 aromatic rings. The Labute approximate surface area is 169 Å². The average molecular weight is 405 g/mol. The zero-order chi connectivity index (χ0) is 19.5. The predicted octanol–water partition coefficient (Wildman–Crippen LogP) is 3.67. The van der Waals surface area contributed by atoms with Gasteiger partial charge in [-0.3, -0.25) is 0 Å². The van der Waals surface area contributed by atoms with Crippen molar-refractivity contribution >= 4 is 11.6 Å². The maximum Gasteiger partial charge on any atom is 0.161 e. The molecule has 0 amide bonds. The Hall–Kier alpha value is -1.79. The third kappa shape index (κ3) is 4.44. The van der Waals surface area contributed by atoms with Crippen LogP contribution in [0.5, 0.6) is 11.5 Å². The SMILES string of the molecule is OCC1CC(O)CC(c2ccc(Cl)c(Cc3ccc4c(c3)OCCCO4)c2)O1. The van der Waals surface area contributed by atoms with Gasteiger partial charge in [0.05, 0.1) is 38.1 Å². The lowest BCUT2D eigenvalue weighted by Crippen LogP contribution is -2.33. The molecule has 6 heteroatoms. The number of hydrogen-bond donors (Lipinski definition) is 2. The molecule has 2 N–H and O–H groups in total. The van der Waals surface area contributed by atoms with Crippen LogP contribution < -0.4 is 9.47 Å². The van der Waals surface area contributed by atoms with Gasteiger partial charge >= 0.3 is 0 Å². The fraction of sp³-hybridized carbons (Fsp3) is 0.455. The van der Waals surface area contributed by atoms with E-state index < -0.39 is 6.10 Å². The Kier molecular flexibility index (Phi) is 6.07. The molecule has 0 radical (unpaired) electrons. The first-order chi connectivity index (χ1) is 13.6. The fourth-order valence-electron chi connectivity index (χ4n) is 3.79. The van der Waals surface area contributed by atoms with Crippen LogP contribution in [-0.2, 0) is 11.2 Å². The van der Waals surface area contributed by atoms with Crippen molar-refractivity contribution in [2.24, 2.45) is 0 Å². The molecule has 0 spiro atoms. The smallest absolute Gasteiger partial charge is 0.161 e. The van der Waals surface area contributed by atoms with Crippen LogP contribution >= 0.6 is 11.6 Å². The van der Waals surface area contributed by atoms with E-state index in [0.717, 1.165) is 34.6 Å². The molecule has 0 aromatic heterocycles. The van der Waals surface area contributed by atoms with Gasteiger partial charge in [-0.25, -0.2) is 0 Å². The highest BCUT2D eigenvalue weighted by Gasteiger charge is 2.29. The van der Waals surface area contributed by atoms with Crippen molar-refractivity contribution in [1.29, 1.82) is 0 Å². The number of benzene rings is 2. The Morgan fingerprint density at radius 3 is 2.64 bits per heavy atom. The first kappa shape index (κ1) is 19.5. The van der Waals surface area contributed by atoms with Gasteiger partial charge < -0.3 is 24.4 Å². The van der Waals surface area contributed by atoms with Crippen molar-refractivity contribution in [3.05, 3.63) is 58.1 Å². The minimum absolute atomic E-state index is 0.0921. The summed E-state index contributed by atoms with van der Waals surface area (Å²) >= 11 is 6.45. The van der Waals surface area contributed by atoms with Crippen molar-refractivity contribution in [3.63, 3.8) is 0 Å². The van der Waals surface area contributed by atoms with Crippen LogP contribution in [-0.4, -0.2) is 42.2 Å². The van der Waals surface area contributed by atoms with Gasteiger partial charge in [0.1, 0.15) is 0 Å². The highest BCUT2D eigenvalue weighted by molar-refractivity contribution is 6.31. The quantitative estimate of drug-likeness (QED) is 0.813. The molecule has 2 aromatic carbocycles. The second-order valence-electron chi connectivity index (χ2n) is 7.41. The van der Waals surface area contributed by atoms with Crippen molar-refractivity contribution in [2.45, 2.75) is 44.0 Å². The third-order valence-corrected chi connectivity index (χ3v) is 5.60. The summed E-state index contributed by atoms with van der Waals surface area (Å²) in [5, 5.41) is 20.2.